The highest BCUT2D eigenvalue weighted by Crippen LogP contribution is 2.13. The predicted molar refractivity (Wildman–Crippen MR) is 102 cm³/mol. The summed E-state index contributed by atoms with van der Waals surface area (Å²) >= 11 is 0. The number of aryl methyl sites for hydroxylation is 1. The molecule has 2 aromatic rings. The molecule has 0 radical (unpaired) electrons. The molecule has 1 N–H and O–H groups in total. The van der Waals surface area contributed by atoms with Gasteiger partial charge in [0.15, 0.2) is 0 Å². The number of unbranched alkanes of at least 4 members (excludes halogenated alkanes) is 5. The van der Waals surface area contributed by atoms with Crippen molar-refractivity contribution in [3.8, 4) is 0 Å². The lowest BCUT2D eigenvalue weighted by Gasteiger charge is -2.09. The summed E-state index contributed by atoms with van der Waals surface area (Å²) in [4.78, 5) is 14.9. The summed E-state index contributed by atoms with van der Waals surface area (Å²) in [5, 5.41) is 8.67. The molecule has 0 saturated carbocycles. The second-order valence-corrected chi connectivity index (χ2v) is 6.44. The van der Waals surface area contributed by atoms with Crippen LogP contribution in [0.4, 0.5) is 0 Å². The van der Waals surface area contributed by atoms with Crippen molar-refractivity contribution in [3.63, 3.8) is 0 Å². The Morgan fingerprint density at radius 1 is 1.12 bits per heavy atom. The average Bonchev–Trinajstić information content (AvgIpc) is 3.04. The van der Waals surface area contributed by atoms with Crippen molar-refractivity contribution in [1.82, 2.24) is 9.55 Å². The van der Waals surface area contributed by atoms with Crippen molar-refractivity contribution < 1.29 is 9.90 Å². The van der Waals surface area contributed by atoms with Crippen LogP contribution >= 0.6 is 0 Å². The number of hydrogen-bond donors (Lipinski definition) is 1. The summed E-state index contributed by atoms with van der Waals surface area (Å²) < 4.78 is 2.20. The molecule has 0 atom stereocenters. The van der Waals surface area contributed by atoms with Crippen molar-refractivity contribution >= 4 is 12.0 Å². The number of hydrogen-bond acceptors (Lipinski definition) is 2. The summed E-state index contributed by atoms with van der Waals surface area (Å²) in [5.41, 5.74) is 3.36. The zero-order valence-corrected chi connectivity index (χ0v) is 15.0. The maximum Gasteiger partial charge on any atom is 0.328 e. The molecule has 2 rings (SSSR count). The van der Waals surface area contributed by atoms with Crippen LogP contribution in [0.5, 0.6) is 0 Å². The Kier molecular flexibility index (Phi) is 7.96. The van der Waals surface area contributed by atoms with Gasteiger partial charge >= 0.3 is 5.97 Å². The fraction of sp³-hybridized carbons (Fsp3) is 0.429. The maximum atomic E-state index is 10.6. The van der Waals surface area contributed by atoms with E-state index in [0.29, 0.717) is 0 Å². The molecular formula is C21H28N2O2. The van der Waals surface area contributed by atoms with Gasteiger partial charge in [0.2, 0.25) is 0 Å². The molecule has 0 amide bonds. The molecule has 4 nitrogen and oxygen atoms in total. The van der Waals surface area contributed by atoms with E-state index in [1.54, 1.807) is 6.08 Å². The fourth-order valence-electron chi connectivity index (χ4n) is 2.88. The molecule has 0 saturated heterocycles. The van der Waals surface area contributed by atoms with Gasteiger partial charge in [-0.05, 0) is 30.0 Å². The smallest absolute Gasteiger partial charge is 0.328 e. The van der Waals surface area contributed by atoms with Crippen LogP contribution in [0.1, 0.15) is 62.3 Å². The monoisotopic (exact) mass is 340 g/mol. The van der Waals surface area contributed by atoms with Crippen LogP contribution in [0, 0.1) is 0 Å². The number of nitrogens with zero attached hydrogens (tertiary/aromatic N) is 2. The molecule has 0 unspecified atom stereocenters. The summed E-state index contributed by atoms with van der Waals surface area (Å²) in [6.45, 7) is 3.04. The first kappa shape index (κ1) is 19.0. The van der Waals surface area contributed by atoms with Gasteiger partial charge in [0.25, 0.3) is 0 Å². The van der Waals surface area contributed by atoms with Crippen LogP contribution in [0.2, 0.25) is 0 Å². The van der Waals surface area contributed by atoms with E-state index in [-0.39, 0.29) is 0 Å². The lowest BCUT2D eigenvalue weighted by molar-refractivity contribution is -0.131. The minimum atomic E-state index is -0.929. The molecule has 0 aliphatic rings. The first-order chi connectivity index (χ1) is 12.2. The number of aliphatic carboxylic acids is 1. The van der Waals surface area contributed by atoms with Crippen molar-refractivity contribution in [2.75, 3.05) is 0 Å². The number of imidazole rings is 1. The molecule has 0 bridgehead atoms. The van der Waals surface area contributed by atoms with Crippen LogP contribution in [0.3, 0.4) is 0 Å². The number of rotatable bonds is 11. The Hall–Kier alpha value is -2.36. The summed E-state index contributed by atoms with van der Waals surface area (Å²) in [7, 11) is 0. The lowest BCUT2D eigenvalue weighted by atomic mass is 10.1. The van der Waals surface area contributed by atoms with Crippen molar-refractivity contribution in [2.24, 2.45) is 0 Å². The summed E-state index contributed by atoms with van der Waals surface area (Å²) in [5.74, 6) is -0.929. The van der Waals surface area contributed by atoms with Gasteiger partial charge in [0, 0.05) is 24.5 Å². The SMILES string of the molecule is CCCCCCCCc1cncn1Cc1ccc(C=CC(=O)O)cc1. The minimum Gasteiger partial charge on any atom is -0.478 e. The highest BCUT2D eigenvalue weighted by molar-refractivity contribution is 5.85. The molecule has 25 heavy (non-hydrogen) atoms. The van der Waals surface area contributed by atoms with E-state index < -0.39 is 5.97 Å². The Morgan fingerprint density at radius 3 is 2.56 bits per heavy atom. The largest absolute Gasteiger partial charge is 0.478 e. The summed E-state index contributed by atoms with van der Waals surface area (Å²) in [6, 6.07) is 7.96. The average molecular weight is 340 g/mol. The Balaban J connectivity index is 1.84. The van der Waals surface area contributed by atoms with Crippen LogP contribution in [-0.4, -0.2) is 20.6 Å². The Labute approximate surface area is 150 Å². The molecule has 0 aliphatic carbocycles. The van der Waals surface area contributed by atoms with Gasteiger partial charge in [0.05, 0.1) is 6.33 Å². The van der Waals surface area contributed by atoms with Gasteiger partial charge in [-0.1, -0.05) is 63.3 Å². The molecule has 0 spiro atoms. The predicted octanol–water partition coefficient (Wildman–Crippen LogP) is 4.93. The van der Waals surface area contributed by atoms with E-state index in [1.807, 2.05) is 36.8 Å². The lowest BCUT2D eigenvalue weighted by Crippen LogP contribution is -2.03. The third-order valence-corrected chi connectivity index (χ3v) is 4.34. The summed E-state index contributed by atoms with van der Waals surface area (Å²) in [6.07, 6.45) is 15.5. The highest BCUT2D eigenvalue weighted by atomic mass is 16.4. The number of carbonyl (C=O) groups is 1. The zero-order valence-electron chi connectivity index (χ0n) is 15.0. The number of benzene rings is 1. The standard InChI is InChI=1S/C21H28N2O2/c1-2-3-4-5-6-7-8-20-15-22-17-23(20)16-19-11-9-18(10-12-19)13-14-21(24)25/h9-15,17H,2-8,16H2,1H3,(H,24,25). The molecule has 0 fully saturated rings. The van der Waals surface area contributed by atoms with E-state index in [2.05, 4.69) is 16.5 Å². The van der Waals surface area contributed by atoms with E-state index in [0.717, 1.165) is 24.6 Å². The molecule has 134 valence electrons. The van der Waals surface area contributed by atoms with Gasteiger partial charge in [-0.3, -0.25) is 0 Å². The van der Waals surface area contributed by atoms with Crippen LogP contribution in [0.25, 0.3) is 6.08 Å². The first-order valence-electron chi connectivity index (χ1n) is 9.18. The molecule has 1 aromatic heterocycles. The third kappa shape index (κ3) is 6.96. The minimum absolute atomic E-state index is 0.800. The number of aromatic nitrogens is 2. The fourth-order valence-corrected chi connectivity index (χ4v) is 2.88. The molecule has 4 heteroatoms. The molecular weight excluding hydrogens is 312 g/mol. The first-order valence-corrected chi connectivity index (χ1v) is 9.18. The van der Waals surface area contributed by atoms with E-state index in [1.165, 1.54) is 49.8 Å². The molecule has 1 aromatic carbocycles. The number of carboxylic acid groups (broad SMARTS) is 1. The van der Waals surface area contributed by atoms with E-state index in [9.17, 15) is 4.79 Å². The highest BCUT2D eigenvalue weighted by Gasteiger charge is 2.03. The Morgan fingerprint density at radius 2 is 1.84 bits per heavy atom. The van der Waals surface area contributed by atoms with Gasteiger partial charge in [0.1, 0.15) is 0 Å². The van der Waals surface area contributed by atoms with E-state index >= 15 is 0 Å². The van der Waals surface area contributed by atoms with Gasteiger partial charge < -0.3 is 9.67 Å². The van der Waals surface area contributed by atoms with Crippen LogP contribution in [0.15, 0.2) is 42.9 Å². The quantitative estimate of drug-likeness (QED) is 0.466. The van der Waals surface area contributed by atoms with Gasteiger partial charge in [-0.15, -0.1) is 0 Å². The van der Waals surface area contributed by atoms with Crippen molar-refractivity contribution in [1.29, 1.82) is 0 Å². The third-order valence-electron chi connectivity index (χ3n) is 4.34. The van der Waals surface area contributed by atoms with Crippen molar-refractivity contribution in [3.05, 3.63) is 59.7 Å². The molecule has 1 heterocycles. The number of carboxylic acids is 1. The van der Waals surface area contributed by atoms with Crippen LogP contribution < -0.4 is 0 Å². The van der Waals surface area contributed by atoms with Crippen LogP contribution in [-0.2, 0) is 17.8 Å². The van der Waals surface area contributed by atoms with Crippen molar-refractivity contribution in [2.45, 2.75) is 58.4 Å². The van der Waals surface area contributed by atoms with Gasteiger partial charge in [-0.2, -0.15) is 0 Å². The zero-order chi connectivity index (χ0) is 17.9. The van der Waals surface area contributed by atoms with E-state index in [4.69, 9.17) is 5.11 Å². The topological polar surface area (TPSA) is 55.1 Å². The molecule has 0 aliphatic heterocycles. The Bertz CT molecular complexity index is 671. The normalized spacial score (nSPS) is 11.2. The van der Waals surface area contributed by atoms with Gasteiger partial charge in [-0.25, -0.2) is 9.78 Å². The second-order valence-electron chi connectivity index (χ2n) is 6.44. The second kappa shape index (κ2) is 10.5. The maximum absolute atomic E-state index is 10.6.